The van der Waals surface area contributed by atoms with E-state index in [0.717, 1.165) is 16.7 Å². The summed E-state index contributed by atoms with van der Waals surface area (Å²) in [5.41, 5.74) is 4.56. The molecule has 0 unspecified atom stereocenters. The van der Waals surface area contributed by atoms with Crippen molar-refractivity contribution in [3.05, 3.63) is 113 Å². The summed E-state index contributed by atoms with van der Waals surface area (Å²) in [7, 11) is 0. The highest BCUT2D eigenvalue weighted by Gasteiger charge is 2.41. The van der Waals surface area contributed by atoms with Crippen LogP contribution in [0.3, 0.4) is 0 Å². The summed E-state index contributed by atoms with van der Waals surface area (Å²) >= 11 is 0. The lowest BCUT2D eigenvalue weighted by Gasteiger charge is -2.23. The normalized spacial score (nSPS) is 18.4. The zero-order valence-electron chi connectivity index (χ0n) is 17.6. The van der Waals surface area contributed by atoms with E-state index in [1.165, 1.54) is 12.1 Å². The van der Waals surface area contributed by atoms with Crippen LogP contribution in [0.1, 0.15) is 39.7 Å². The molecule has 2 atom stereocenters. The maximum Gasteiger partial charge on any atom is 0.123 e. The second-order valence-corrected chi connectivity index (χ2v) is 8.27. The fraction of sp³-hybridized carbons (Fsp3) is 0.0714. The van der Waals surface area contributed by atoms with Gasteiger partial charge in [0, 0.05) is 29.5 Å². The Morgan fingerprint density at radius 2 is 1.18 bits per heavy atom. The number of hydrogen-bond donors (Lipinski definition) is 5. The third-order valence-corrected chi connectivity index (χ3v) is 6.09. The average molecular weight is 438 g/mol. The zero-order chi connectivity index (χ0) is 23.1. The highest BCUT2D eigenvalue weighted by Crippen LogP contribution is 2.58. The van der Waals surface area contributed by atoms with Gasteiger partial charge in [0.2, 0.25) is 0 Å². The summed E-state index contributed by atoms with van der Waals surface area (Å²) in [6, 6.07) is 23.8. The van der Waals surface area contributed by atoms with Crippen molar-refractivity contribution in [3.8, 4) is 28.7 Å². The molecule has 4 aromatic rings. The molecule has 0 saturated carbocycles. The molecule has 5 rings (SSSR count). The van der Waals surface area contributed by atoms with E-state index < -0.39 is 11.8 Å². The fourth-order valence-corrected chi connectivity index (χ4v) is 4.81. The highest BCUT2D eigenvalue weighted by atomic mass is 16.3. The van der Waals surface area contributed by atoms with Gasteiger partial charge in [0.25, 0.3) is 0 Å². The van der Waals surface area contributed by atoms with Gasteiger partial charge >= 0.3 is 0 Å². The molecule has 4 aromatic carbocycles. The van der Waals surface area contributed by atoms with Crippen molar-refractivity contribution in [2.24, 2.45) is 0 Å². The van der Waals surface area contributed by atoms with Gasteiger partial charge in [-0.15, -0.1) is 0 Å². The van der Waals surface area contributed by atoms with Gasteiger partial charge in [-0.2, -0.15) is 0 Å². The van der Waals surface area contributed by atoms with Crippen molar-refractivity contribution >= 4 is 11.6 Å². The van der Waals surface area contributed by atoms with Crippen LogP contribution in [0, 0.1) is 0 Å². The molecule has 0 aromatic heterocycles. The first kappa shape index (κ1) is 20.5. The monoisotopic (exact) mass is 438 g/mol. The number of phenolic OH excluding ortho intramolecular Hbond substituents is 5. The quantitative estimate of drug-likeness (QED) is 0.283. The number of benzene rings is 4. The number of rotatable bonds is 3. The third-order valence-electron chi connectivity index (χ3n) is 6.09. The lowest BCUT2D eigenvalue weighted by Crippen LogP contribution is -2.08. The molecule has 33 heavy (non-hydrogen) atoms. The molecule has 0 radical (unpaired) electrons. The van der Waals surface area contributed by atoms with Gasteiger partial charge in [-0.3, -0.25) is 0 Å². The van der Waals surface area contributed by atoms with E-state index in [2.05, 4.69) is 0 Å². The molecular formula is C28H22O5. The fourth-order valence-electron chi connectivity index (χ4n) is 4.81. The number of fused-ring (bicyclic) bond motifs is 1. The molecule has 164 valence electrons. The first-order valence-corrected chi connectivity index (χ1v) is 10.6. The Hall–Kier alpha value is -4.38. The van der Waals surface area contributed by atoms with Gasteiger partial charge in [-0.05, 0) is 58.2 Å². The highest BCUT2D eigenvalue weighted by molar-refractivity contribution is 5.93. The van der Waals surface area contributed by atoms with Crippen LogP contribution < -0.4 is 0 Å². The second-order valence-electron chi connectivity index (χ2n) is 8.27. The van der Waals surface area contributed by atoms with Gasteiger partial charge < -0.3 is 25.5 Å². The summed E-state index contributed by atoms with van der Waals surface area (Å²) in [6.45, 7) is 0. The summed E-state index contributed by atoms with van der Waals surface area (Å²) < 4.78 is 0. The predicted molar refractivity (Wildman–Crippen MR) is 127 cm³/mol. The van der Waals surface area contributed by atoms with Crippen molar-refractivity contribution < 1.29 is 25.5 Å². The van der Waals surface area contributed by atoms with Gasteiger partial charge in [-0.1, -0.05) is 48.5 Å². The third kappa shape index (κ3) is 3.74. The molecule has 0 saturated heterocycles. The minimum atomic E-state index is -0.393. The Balaban J connectivity index is 1.83. The van der Waals surface area contributed by atoms with Gasteiger partial charge in [-0.25, -0.2) is 0 Å². The van der Waals surface area contributed by atoms with Gasteiger partial charge in [0.1, 0.15) is 28.7 Å². The molecule has 1 aliphatic rings. The van der Waals surface area contributed by atoms with Crippen LogP contribution in [0.15, 0.2) is 84.9 Å². The molecule has 0 spiro atoms. The summed E-state index contributed by atoms with van der Waals surface area (Å²) in [5, 5.41) is 51.5. The molecule has 5 nitrogen and oxygen atoms in total. The van der Waals surface area contributed by atoms with Crippen LogP contribution >= 0.6 is 0 Å². The van der Waals surface area contributed by atoms with Gasteiger partial charge in [0.15, 0.2) is 0 Å². The Bertz CT molecular complexity index is 1340. The van der Waals surface area contributed by atoms with E-state index in [4.69, 9.17) is 0 Å². The summed E-state index contributed by atoms with van der Waals surface area (Å²) in [4.78, 5) is 0. The first-order chi connectivity index (χ1) is 15.9. The Morgan fingerprint density at radius 1 is 0.545 bits per heavy atom. The molecular weight excluding hydrogens is 416 g/mol. The molecule has 0 aliphatic heterocycles. The van der Waals surface area contributed by atoms with Crippen molar-refractivity contribution in [2.45, 2.75) is 11.8 Å². The Labute approximate surface area is 190 Å². The number of phenols is 5. The minimum Gasteiger partial charge on any atom is -0.508 e. The molecule has 0 amide bonds. The maximum atomic E-state index is 10.9. The summed E-state index contributed by atoms with van der Waals surface area (Å²) in [5.74, 6) is -0.914. The smallest absolute Gasteiger partial charge is 0.123 e. The lowest BCUT2D eigenvalue weighted by molar-refractivity contribution is 0.444. The van der Waals surface area contributed by atoms with Crippen LogP contribution in [0.5, 0.6) is 28.7 Å². The van der Waals surface area contributed by atoms with E-state index in [1.807, 2.05) is 36.4 Å². The summed E-state index contributed by atoms with van der Waals surface area (Å²) in [6.07, 6.45) is 1.99. The number of hydrogen-bond acceptors (Lipinski definition) is 5. The first-order valence-electron chi connectivity index (χ1n) is 10.6. The van der Waals surface area contributed by atoms with E-state index in [-0.39, 0.29) is 28.7 Å². The predicted octanol–water partition coefficient (Wildman–Crippen LogP) is 5.68. The molecule has 0 bridgehead atoms. The molecule has 0 fully saturated rings. The topological polar surface area (TPSA) is 101 Å². The largest absolute Gasteiger partial charge is 0.508 e. The molecule has 5 heteroatoms. The van der Waals surface area contributed by atoms with E-state index >= 15 is 0 Å². The number of aromatic hydroxyl groups is 5. The molecule has 0 heterocycles. The van der Waals surface area contributed by atoms with E-state index in [0.29, 0.717) is 16.7 Å². The zero-order valence-corrected chi connectivity index (χ0v) is 17.6. The van der Waals surface area contributed by atoms with Crippen LogP contribution in [-0.2, 0) is 0 Å². The van der Waals surface area contributed by atoms with E-state index in [9.17, 15) is 25.5 Å². The Kier molecular flexibility index (Phi) is 4.94. The van der Waals surface area contributed by atoms with Crippen LogP contribution in [0.2, 0.25) is 0 Å². The molecule has 5 N–H and O–H groups in total. The standard InChI is InChI=1S/C28H22O5/c29-19-8-6-17(7-9-19)27-26(18-11-20(30)13-21(31)12-18)23(10-16-4-2-1-3-5-16)24-14-22(32)15-25(33)28(24)27/h1-15,26-27,29-33H/b23-10-/t26-,27+/m1/s1. The van der Waals surface area contributed by atoms with Crippen LogP contribution in [0.25, 0.3) is 11.6 Å². The van der Waals surface area contributed by atoms with E-state index in [1.54, 1.807) is 42.5 Å². The van der Waals surface area contributed by atoms with Crippen molar-refractivity contribution in [3.63, 3.8) is 0 Å². The Morgan fingerprint density at radius 3 is 1.85 bits per heavy atom. The second kappa shape index (κ2) is 7.95. The number of allylic oxidation sites excluding steroid dienone is 1. The van der Waals surface area contributed by atoms with Crippen molar-refractivity contribution in [1.29, 1.82) is 0 Å². The van der Waals surface area contributed by atoms with Crippen molar-refractivity contribution in [2.75, 3.05) is 0 Å². The minimum absolute atomic E-state index is 0.0473. The maximum absolute atomic E-state index is 10.9. The van der Waals surface area contributed by atoms with Crippen LogP contribution in [-0.4, -0.2) is 25.5 Å². The van der Waals surface area contributed by atoms with Crippen molar-refractivity contribution in [1.82, 2.24) is 0 Å². The average Bonchev–Trinajstić information content (AvgIpc) is 3.08. The molecule has 1 aliphatic carbocycles. The van der Waals surface area contributed by atoms with Gasteiger partial charge in [0.05, 0.1) is 0 Å². The SMILES string of the molecule is Oc1ccc([C@@H]2c3c(O)cc(O)cc3/C(=C/c3ccccc3)[C@H]2c2cc(O)cc(O)c2)cc1. The lowest BCUT2D eigenvalue weighted by atomic mass is 9.79. The van der Waals surface area contributed by atoms with Crippen LogP contribution in [0.4, 0.5) is 0 Å².